The van der Waals surface area contributed by atoms with E-state index in [1.807, 2.05) is 20.2 Å². The smallest absolute Gasteiger partial charge is 0.317 e. The van der Waals surface area contributed by atoms with E-state index < -0.39 is 5.60 Å². The number of carbonyl (C=O) groups is 1. The molecule has 0 atom stereocenters. The summed E-state index contributed by atoms with van der Waals surface area (Å²) >= 11 is 0. The summed E-state index contributed by atoms with van der Waals surface area (Å²) in [5.74, 6) is 0. The van der Waals surface area contributed by atoms with E-state index in [1.54, 1.807) is 29.6 Å². The third kappa shape index (κ3) is 4.75. The molecule has 0 spiro atoms. The van der Waals surface area contributed by atoms with Crippen molar-refractivity contribution in [3.63, 3.8) is 0 Å². The molecule has 18 heavy (non-hydrogen) atoms. The Labute approximate surface area is 108 Å². The summed E-state index contributed by atoms with van der Waals surface area (Å²) in [6, 6.07) is -0.177. The predicted octanol–water partition coefficient (Wildman–Crippen LogP) is 0.722. The van der Waals surface area contributed by atoms with Crippen molar-refractivity contribution in [1.82, 2.24) is 20.0 Å². The van der Waals surface area contributed by atoms with Gasteiger partial charge in [-0.2, -0.15) is 5.10 Å². The van der Waals surface area contributed by atoms with Crippen molar-refractivity contribution < 1.29 is 9.90 Å². The number of hydrogen-bond acceptors (Lipinski definition) is 3. The maximum atomic E-state index is 11.9. The van der Waals surface area contributed by atoms with E-state index in [4.69, 9.17) is 0 Å². The molecule has 1 rings (SSSR count). The molecule has 1 heterocycles. The zero-order chi connectivity index (χ0) is 13.8. The third-order valence-corrected chi connectivity index (χ3v) is 2.45. The second kappa shape index (κ2) is 5.86. The lowest BCUT2D eigenvalue weighted by molar-refractivity contribution is 0.0480. The van der Waals surface area contributed by atoms with Gasteiger partial charge in [0.25, 0.3) is 0 Å². The van der Waals surface area contributed by atoms with E-state index in [-0.39, 0.29) is 6.03 Å². The maximum Gasteiger partial charge on any atom is 0.317 e. The predicted molar refractivity (Wildman–Crippen MR) is 69.0 cm³/mol. The molecule has 0 unspecified atom stereocenters. The zero-order valence-corrected chi connectivity index (χ0v) is 11.5. The molecule has 0 aliphatic carbocycles. The van der Waals surface area contributed by atoms with Gasteiger partial charge in [-0.15, -0.1) is 0 Å². The largest absolute Gasteiger partial charge is 0.389 e. The molecule has 0 fully saturated rings. The van der Waals surface area contributed by atoms with Gasteiger partial charge in [0, 0.05) is 31.9 Å². The van der Waals surface area contributed by atoms with E-state index in [2.05, 4.69) is 10.4 Å². The highest BCUT2D eigenvalue weighted by atomic mass is 16.3. The topological polar surface area (TPSA) is 70.4 Å². The second-order valence-corrected chi connectivity index (χ2v) is 5.01. The molecule has 1 aromatic rings. The first-order valence-electron chi connectivity index (χ1n) is 6.04. The molecule has 1 aromatic heterocycles. The van der Waals surface area contributed by atoms with E-state index in [9.17, 15) is 9.90 Å². The fourth-order valence-corrected chi connectivity index (χ4v) is 1.65. The molecular weight excluding hydrogens is 232 g/mol. The highest BCUT2D eigenvalue weighted by Crippen LogP contribution is 2.05. The highest BCUT2D eigenvalue weighted by Gasteiger charge is 2.20. The van der Waals surface area contributed by atoms with Crippen LogP contribution in [0.5, 0.6) is 0 Å². The Morgan fingerprint density at radius 1 is 1.61 bits per heavy atom. The zero-order valence-electron chi connectivity index (χ0n) is 11.5. The number of aliphatic hydroxyl groups is 1. The van der Waals surface area contributed by atoms with Crippen LogP contribution in [-0.4, -0.2) is 44.5 Å². The first-order chi connectivity index (χ1) is 8.31. The van der Waals surface area contributed by atoms with E-state index >= 15 is 0 Å². The molecule has 6 nitrogen and oxygen atoms in total. The molecular formula is C12H22N4O2. The van der Waals surface area contributed by atoms with Crippen LogP contribution in [0.1, 0.15) is 26.3 Å². The minimum Gasteiger partial charge on any atom is -0.389 e. The van der Waals surface area contributed by atoms with Crippen LogP contribution in [0.3, 0.4) is 0 Å². The maximum absolute atomic E-state index is 11.9. The standard InChI is InChI=1S/C12H22N4O2/c1-5-16(9-12(2,3)18)11(17)13-6-10-7-14-15(4)8-10/h7-8,18H,5-6,9H2,1-4H3,(H,13,17). The highest BCUT2D eigenvalue weighted by molar-refractivity contribution is 5.74. The summed E-state index contributed by atoms with van der Waals surface area (Å²) in [7, 11) is 1.83. The fourth-order valence-electron chi connectivity index (χ4n) is 1.65. The van der Waals surface area contributed by atoms with Gasteiger partial charge in [-0.05, 0) is 20.8 Å². The fraction of sp³-hybridized carbons (Fsp3) is 0.667. The number of likely N-dealkylation sites (N-methyl/N-ethyl adjacent to an activating group) is 1. The summed E-state index contributed by atoms with van der Waals surface area (Å²) < 4.78 is 1.69. The van der Waals surface area contributed by atoms with Gasteiger partial charge in [-0.25, -0.2) is 4.79 Å². The molecule has 0 saturated carbocycles. The van der Waals surface area contributed by atoms with Crippen LogP contribution in [0.25, 0.3) is 0 Å². The number of hydrogen-bond donors (Lipinski definition) is 2. The first kappa shape index (κ1) is 14.5. The lowest BCUT2D eigenvalue weighted by Crippen LogP contribution is -2.46. The number of urea groups is 1. The molecule has 6 heteroatoms. The number of nitrogens with one attached hydrogen (secondary N) is 1. The van der Waals surface area contributed by atoms with Crippen LogP contribution < -0.4 is 5.32 Å². The quantitative estimate of drug-likeness (QED) is 0.813. The number of amides is 2. The first-order valence-corrected chi connectivity index (χ1v) is 6.04. The summed E-state index contributed by atoms with van der Waals surface area (Å²) in [5, 5.41) is 16.6. The lowest BCUT2D eigenvalue weighted by atomic mass is 10.1. The van der Waals surface area contributed by atoms with Crippen molar-refractivity contribution >= 4 is 6.03 Å². The Balaban J connectivity index is 2.47. The molecule has 2 amide bonds. The average molecular weight is 254 g/mol. The van der Waals surface area contributed by atoms with Crippen molar-refractivity contribution in [3.8, 4) is 0 Å². The second-order valence-electron chi connectivity index (χ2n) is 5.01. The van der Waals surface area contributed by atoms with Crippen molar-refractivity contribution in [2.45, 2.75) is 32.9 Å². The van der Waals surface area contributed by atoms with E-state index in [1.165, 1.54) is 0 Å². The minimum absolute atomic E-state index is 0.177. The Kier molecular flexibility index (Phi) is 4.72. The van der Waals surface area contributed by atoms with Gasteiger partial charge >= 0.3 is 6.03 Å². The summed E-state index contributed by atoms with van der Waals surface area (Å²) in [6.45, 7) is 6.56. The van der Waals surface area contributed by atoms with Crippen molar-refractivity contribution in [2.24, 2.45) is 7.05 Å². The van der Waals surface area contributed by atoms with Crippen LogP contribution in [0.2, 0.25) is 0 Å². The molecule has 102 valence electrons. The number of rotatable bonds is 5. The summed E-state index contributed by atoms with van der Waals surface area (Å²) in [6.07, 6.45) is 3.57. The van der Waals surface area contributed by atoms with Crippen LogP contribution in [0.15, 0.2) is 12.4 Å². The van der Waals surface area contributed by atoms with Gasteiger partial charge in [0.1, 0.15) is 0 Å². The van der Waals surface area contributed by atoms with Crippen LogP contribution >= 0.6 is 0 Å². The third-order valence-electron chi connectivity index (χ3n) is 2.45. The van der Waals surface area contributed by atoms with Gasteiger partial charge in [0.05, 0.1) is 18.3 Å². The molecule has 0 aromatic carbocycles. The Morgan fingerprint density at radius 3 is 2.72 bits per heavy atom. The monoisotopic (exact) mass is 254 g/mol. The molecule has 0 aliphatic rings. The summed E-state index contributed by atoms with van der Waals surface area (Å²) in [5.41, 5.74) is 0.0620. The lowest BCUT2D eigenvalue weighted by Gasteiger charge is -2.28. The van der Waals surface area contributed by atoms with Crippen molar-refractivity contribution in [1.29, 1.82) is 0 Å². The van der Waals surface area contributed by atoms with E-state index in [0.29, 0.717) is 19.6 Å². The van der Waals surface area contributed by atoms with Crippen molar-refractivity contribution in [2.75, 3.05) is 13.1 Å². The SMILES string of the molecule is CCN(CC(C)(C)O)C(=O)NCc1cnn(C)c1. The number of nitrogens with zero attached hydrogens (tertiary/aromatic N) is 3. The van der Waals surface area contributed by atoms with Gasteiger partial charge in [-0.1, -0.05) is 0 Å². The van der Waals surface area contributed by atoms with Crippen LogP contribution in [-0.2, 0) is 13.6 Å². The average Bonchev–Trinajstić information content (AvgIpc) is 2.67. The molecule has 2 N–H and O–H groups in total. The molecule has 0 saturated heterocycles. The number of carbonyl (C=O) groups excluding carboxylic acids is 1. The Morgan fingerprint density at radius 2 is 2.28 bits per heavy atom. The Bertz CT molecular complexity index is 395. The van der Waals surface area contributed by atoms with Gasteiger partial charge in [0.15, 0.2) is 0 Å². The number of aromatic nitrogens is 2. The number of aryl methyl sites for hydroxylation is 1. The van der Waals surface area contributed by atoms with Crippen LogP contribution in [0, 0.1) is 0 Å². The molecule has 0 radical (unpaired) electrons. The van der Waals surface area contributed by atoms with Gasteiger partial charge < -0.3 is 15.3 Å². The van der Waals surface area contributed by atoms with Crippen LogP contribution in [0.4, 0.5) is 4.79 Å². The summed E-state index contributed by atoms with van der Waals surface area (Å²) in [4.78, 5) is 13.5. The minimum atomic E-state index is -0.887. The van der Waals surface area contributed by atoms with E-state index in [0.717, 1.165) is 5.56 Å². The Hall–Kier alpha value is -1.56. The molecule has 0 bridgehead atoms. The molecule has 0 aliphatic heterocycles. The normalized spacial score (nSPS) is 11.4. The van der Waals surface area contributed by atoms with Gasteiger partial charge in [0.2, 0.25) is 0 Å². The van der Waals surface area contributed by atoms with Gasteiger partial charge in [-0.3, -0.25) is 4.68 Å². The van der Waals surface area contributed by atoms with Crippen molar-refractivity contribution in [3.05, 3.63) is 18.0 Å².